The molecular weight excluding hydrogens is 308 g/mol. The Morgan fingerprint density at radius 3 is 2.75 bits per heavy atom. The molecule has 0 aromatic rings. The number of carbonyl (C=O) groups excluding carboxylic acids is 1. The number of thioether (sulfide) groups is 1. The van der Waals surface area contributed by atoms with Crippen molar-refractivity contribution < 1.29 is 27.9 Å². The molecule has 20 heavy (non-hydrogen) atoms. The molecule has 2 aliphatic heterocycles. The summed E-state index contributed by atoms with van der Waals surface area (Å²) in [6, 6.07) is -0.156. The Labute approximate surface area is 120 Å². The molecule has 0 aliphatic carbocycles. The average Bonchev–Trinajstić information content (AvgIpc) is 2.74. The molecule has 8 nitrogen and oxygen atoms in total. The molecule has 112 valence electrons. The second kappa shape index (κ2) is 5.70. The molecule has 1 amide bonds. The Balaban J connectivity index is 1.93. The first-order chi connectivity index (χ1) is 9.28. The van der Waals surface area contributed by atoms with Crippen molar-refractivity contribution in [1.82, 2.24) is 4.90 Å². The van der Waals surface area contributed by atoms with Crippen LogP contribution in [0.5, 0.6) is 0 Å². The number of amidine groups is 1. The van der Waals surface area contributed by atoms with Crippen LogP contribution in [-0.2, 0) is 24.2 Å². The topological polar surface area (TPSA) is 113 Å². The van der Waals surface area contributed by atoms with E-state index in [0.29, 0.717) is 5.17 Å². The van der Waals surface area contributed by atoms with Crippen LogP contribution in [-0.4, -0.2) is 78.5 Å². The van der Waals surface area contributed by atoms with Gasteiger partial charge in [0.15, 0.2) is 15.0 Å². The van der Waals surface area contributed by atoms with Gasteiger partial charge in [-0.25, -0.2) is 13.2 Å². The van der Waals surface area contributed by atoms with Gasteiger partial charge in [-0.1, -0.05) is 11.8 Å². The molecule has 2 saturated heterocycles. The second-order valence-corrected chi connectivity index (χ2v) is 7.95. The van der Waals surface area contributed by atoms with Crippen LogP contribution in [0.2, 0.25) is 0 Å². The van der Waals surface area contributed by atoms with E-state index in [9.17, 15) is 18.0 Å². The fraction of sp³-hybridized carbons (Fsp3) is 0.700. The molecule has 10 heteroatoms. The summed E-state index contributed by atoms with van der Waals surface area (Å²) in [4.78, 5) is 27.3. The van der Waals surface area contributed by atoms with E-state index in [2.05, 4.69) is 9.73 Å². The lowest BCUT2D eigenvalue weighted by Crippen LogP contribution is -2.34. The number of fused-ring (bicyclic) bond motifs is 1. The molecule has 0 saturated carbocycles. The molecule has 0 spiro atoms. The van der Waals surface area contributed by atoms with Gasteiger partial charge in [-0.05, 0) is 0 Å². The smallest absolute Gasteiger partial charge is 0.329 e. The van der Waals surface area contributed by atoms with Crippen molar-refractivity contribution in [2.24, 2.45) is 4.99 Å². The molecule has 2 fully saturated rings. The molecule has 1 N–H and O–H groups in total. The number of ether oxygens (including phenoxy) is 1. The van der Waals surface area contributed by atoms with E-state index in [1.807, 2.05) is 0 Å². The third-order valence-corrected chi connectivity index (χ3v) is 6.30. The van der Waals surface area contributed by atoms with Gasteiger partial charge in [0, 0.05) is 12.3 Å². The number of carboxylic acid groups (broad SMARTS) is 1. The van der Waals surface area contributed by atoms with Gasteiger partial charge in [-0.15, -0.1) is 0 Å². The van der Waals surface area contributed by atoms with Crippen molar-refractivity contribution in [2.45, 2.75) is 11.3 Å². The number of hydrogen-bond acceptors (Lipinski definition) is 6. The maximum absolute atomic E-state index is 11.5. The Bertz CT molecular complexity index is 558. The Morgan fingerprint density at radius 2 is 2.15 bits per heavy atom. The third kappa shape index (κ3) is 3.49. The zero-order chi connectivity index (χ0) is 14.9. The highest BCUT2D eigenvalue weighted by Gasteiger charge is 2.47. The van der Waals surface area contributed by atoms with E-state index in [1.54, 1.807) is 11.9 Å². The third-order valence-electron chi connectivity index (χ3n) is 3.00. The predicted molar refractivity (Wildman–Crippen MR) is 72.5 cm³/mol. The van der Waals surface area contributed by atoms with Crippen LogP contribution in [0.3, 0.4) is 0 Å². The fourth-order valence-corrected chi connectivity index (χ4v) is 6.11. The minimum Gasteiger partial charge on any atom is -0.480 e. The van der Waals surface area contributed by atoms with Crippen molar-refractivity contribution in [1.29, 1.82) is 0 Å². The monoisotopic (exact) mass is 322 g/mol. The van der Waals surface area contributed by atoms with Crippen molar-refractivity contribution in [3.63, 3.8) is 0 Å². The summed E-state index contributed by atoms with van der Waals surface area (Å²) in [7, 11) is -1.31. The number of sulfone groups is 1. The lowest BCUT2D eigenvalue weighted by Gasteiger charge is -2.17. The number of aliphatic imine (C=N–C) groups is 1. The number of amides is 1. The van der Waals surface area contributed by atoms with E-state index >= 15 is 0 Å². The minimum absolute atomic E-state index is 0.0733. The van der Waals surface area contributed by atoms with Gasteiger partial charge in [-0.3, -0.25) is 4.79 Å². The molecule has 2 rings (SSSR count). The van der Waals surface area contributed by atoms with E-state index in [4.69, 9.17) is 5.11 Å². The largest absolute Gasteiger partial charge is 0.480 e. The zero-order valence-electron chi connectivity index (χ0n) is 10.7. The van der Waals surface area contributed by atoms with Gasteiger partial charge in [0.05, 0.1) is 17.5 Å². The van der Waals surface area contributed by atoms with Gasteiger partial charge in [0.1, 0.15) is 13.2 Å². The van der Waals surface area contributed by atoms with E-state index < -0.39 is 34.9 Å². The highest BCUT2D eigenvalue weighted by Crippen LogP contribution is 2.36. The van der Waals surface area contributed by atoms with Crippen LogP contribution >= 0.6 is 11.8 Å². The van der Waals surface area contributed by atoms with Gasteiger partial charge in [-0.2, -0.15) is 4.99 Å². The number of aliphatic carboxylic acids is 1. The molecule has 2 aliphatic rings. The molecule has 0 aromatic carbocycles. The summed E-state index contributed by atoms with van der Waals surface area (Å²) >= 11 is 1.26. The highest BCUT2D eigenvalue weighted by atomic mass is 32.2. The first kappa shape index (κ1) is 15.3. The quantitative estimate of drug-likeness (QED) is 0.688. The normalized spacial score (nSPS) is 29.6. The summed E-state index contributed by atoms with van der Waals surface area (Å²) in [5, 5.41) is 8.73. The second-order valence-electron chi connectivity index (χ2n) is 4.59. The van der Waals surface area contributed by atoms with Crippen LogP contribution in [0.4, 0.5) is 0 Å². The summed E-state index contributed by atoms with van der Waals surface area (Å²) in [5.41, 5.74) is 0. The average molecular weight is 322 g/mol. The predicted octanol–water partition coefficient (Wildman–Crippen LogP) is -1.19. The van der Waals surface area contributed by atoms with Gasteiger partial charge >= 0.3 is 5.97 Å². The summed E-state index contributed by atoms with van der Waals surface area (Å²) in [6.45, 7) is -0.957. The number of carbonyl (C=O) groups is 2. The van der Waals surface area contributed by atoms with Crippen molar-refractivity contribution in [3.05, 3.63) is 0 Å². The highest BCUT2D eigenvalue weighted by molar-refractivity contribution is 8.15. The number of carboxylic acids is 1. The summed E-state index contributed by atoms with van der Waals surface area (Å²) < 4.78 is 27.7. The maximum Gasteiger partial charge on any atom is 0.329 e. The van der Waals surface area contributed by atoms with Crippen LogP contribution in [0.25, 0.3) is 0 Å². The SMILES string of the molecule is CN1C(=NC(=O)COCC(=O)O)S[C@@H]2CS(=O)(=O)C[C@@H]21. The molecule has 0 bridgehead atoms. The number of rotatable bonds is 4. The first-order valence-electron chi connectivity index (χ1n) is 5.79. The fourth-order valence-electron chi connectivity index (χ4n) is 2.10. The Kier molecular flexibility index (Phi) is 4.35. The zero-order valence-corrected chi connectivity index (χ0v) is 12.3. The van der Waals surface area contributed by atoms with E-state index in [1.165, 1.54) is 11.8 Å². The maximum atomic E-state index is 11.5. The van der Waals surface area contributed by atoms with Crippen LogP contribution in [0.1, 0.15) is 0 Å². The summed E-state index contributed by atoms with van der Waals surface area (Å²) in [5.74, 6) is -1.57. The first-order valence-corrected chi connectivity index (χ1v) is 8.49. The van der Waals surface area contributed by atoms with Crippen LogP contribution in [0.15, 0.2) is 4.99 Å². The minimum atomic E-state index is -3.01. The molecule has 0 aromatic heterocycles. The van der Waals surface area contributed by atoms with Crippen molar-refractivity contribution >= 4 is 38.6 Å². The van der Waals surface area contributed by atoms with Gasteiger partial charge in [0.2, 0.25) is 0 Å². The standard InChI is InChI=1S/C10H14N2O6S2/c1-12-6-4-20(16,17)5-7(6)19-10(12)11-8(13)2-18-3-9(14)15/h6-7H,2-5H2,1H3,(H,14,15)/t6-,7+/m0/s1. The molecule has 2 atom stereocenters. The van der Waals surface area contributed by atoms with Crippen molar-refractivity contribution in [3.8, 4) is 0 Å². The van der Waals surface area contributed by atoms with Crippen LogP contribution in [0, 0.1) is 0 Å². The number of hydrogen-bond donors (Lipinski definition) is 1. The molecule has 2 heterocycles. The Morgan fingerprint density at radius 1 is 1.45 bits per heavy atom. The molecule has 0 unspecified atom stereocenters. The van der Waals surface area contributed by atoms with E-state index in [0.717, 1.165) is 0 Å². The van der Waals surface area contributed by atoms with Gasteiger partial charge in [0.25, 0.3) is 5.91 Å². The summed E-state index contributed by atoms with van der Waals surface area (Å²) in [6.07, 6.45) is 0. The number of nitrogens with zero attached hydrogens (tertiary/aromatic N) is 2. The van der Waals surface area contributed by atoms with Crippen molar-refractivity contribution in [2.75, 3.05) is 31.8 Å². The van der Waals surface area contributed by atoms with E-state index in [-0.39, 0.29) is 22.8 Å². The Hall–Kier alpha value is -1.13. The molecular formula is C10H14N2O6S2. The molecule has 0 radical (unpaired) electrons. The lowest BCUT2D eigenvalue weighted by molar-refractivity contribution is -0.143. The lowest BCUT2D eigenvalue weighted by atomic mass is 10.2. The van der Waals surface area contributed by atoms with Gasteiger partial charge < -0.3 is 14.7 Å². The van der Waals surface area contributed by atoms with Crippen LogP contribution < -0.4 is 0 Å².